The average Bonchev–Trinajstić information content (AvgIpc) is 2.92. The molecule has 3 aromatic rings. The number of nitrogens with zero attached hydrogens (tertiary/aromatic N) is 4. The third-order valence-electron chi connectivity index (χ3n) is 2.98. The second-order valence-electron chi connectivity index (χ2n) is 4.36. The van der Waals surface area contributed by atoms with E-state index in [0.29, 0.717) is 29.3 Å². The Morgan fingerprint density at radius 3 is 2.80 bits per heavy atom. The maximum absolute atomic E-state index is 12.1. The van der Waals surface area contributed by atoms with Crippen LogP contribution in [0.25, 0.3) is 22.3 Å². The van der Waals surface area contributed by atoms with Crippen LogP contribution in [0.3, 0.4) is 0 Å². The van der Waals surface area contributed by atoms with Crippen LogP contribution in [0.5, 0.6) is 0 Å². The quantitative estimate of drug-likeness (QED) is 0.763. The standard InChI is InChI=1S/C13H13N5O2/c1-18-13(19)9-6-4-3-5-8(9)11(17-18)12-14-10(7-20-2)15-16-12/h3-6H,7H2,1-2H3,(H,14,15,16). The van der Waals surface area contributed by atoms with E-state index in [2.05, 4.69) is 20.3 Å². The molecule has 1 N–H and O–H groups in total. The van der Waals surface area contributed by atoms with Crippen molar-refractivity contribution in [3.8, 4) is 11.5 Å². The Morgan fingerprint density at radius 1 is 1.30 bits per heavy atom. The highest BCUT2D eigenvalue weighted by Gasteiger charge is 2.14. The number of H-pyrrole nitrogens is 1. The first-order valence-corrected chi connectivity index (χ1v) is 6.07. The van der Waals surface area contributed by atoms with E-state index in [1.807, 2.05) is 18.2 Å². The van der Waals surface area contributed by atoms with Crippen LogP contribution in [0, 0.1) is 0 Å². The van der Waals surface area contributed by atoms with Crippen molar-refractivity contribution in [2.45, 2.75) is 6.61 Å². The van der Waals surface area contributed by atoms with E-state index in [-0.39, 0.29) is 5.56 Å². The van der Waals surface area contributed by atoms with Crippen LogP contribution in [0.1, 0.15) is 5.82 Å². The van der Waals surface area contributed by atoms with Gasteiger partial charge in [0, 0.05) is 19.5 Å². The molecule has 0 aliphatic rings. The first-order chi connectivity index (χ1) is 9.70. The van der Waals surface area contributed by atoms with Gasteiger partial charge in [0.15, 0.2) is 5.82 Å². The molecule has 7 heteroatoms. The molecule has 20 heavy (non-hydrogen) atoms. The fourth-order valence-corrected chi connectivity index (χ4v) is 2.07. The highest BCUT2D eigenvalue weighted by atomic mass is 16.5. The number of methoxy groups -OCH3 is 1. The van der Waals surface area contributed by atoms with Crippen molar-refractivity contribution in [3.63, 3.8) is 0 Å². The summed E-state index contributed by atoms with van der Waals surface area (Å²) in [4.78, 5) is 16.4. The lowest BCUT2D eigenvalue weighted by Crippen LogP contribution is -2.20. The fourth-order valence-electron chi connectivity index (χ4n) is 2.07. The molecule has 0 saturated carbocycles. The highest BCUT2D eigenvalue weighted by Crippen LogP contribution is 2.21. The molecule has 102 valence electrons. The van der Waals surface area contributed by atoms with Crippen molar-refractivity contribution in [2.75, 3.05) is 7.11 Å². The topological polar surface area (TPSA) is 85.7 Å². The molecule has 0 amide bonds. The third-order valence-corrected chi connectivity index (χ3v) is 2.98. The largest absolute Gasteiger partial charge is 0.377 e. The molecule has 7 nitrogen and oxygen atoms in total. The number of aromatic amines is 1. The van der Waals surface area contributed by atoms with Crippen LogP contribution in [0.4, 0.5) is 0 Å². The van der Waals surface area contributed by atoms with E-state index in [1.165, 1.54) is 4.68 Å². The summed E-state index contributed by atoms with van der Waals surface area (Å²) in [5, 5.41) is 12.5. The predicted molar refractivity (Wildman–Crippen MR) is 73.1 cm³/mol. The molecule has 1 aromatic carbocycles. The van der Waals surface area contributed by atoms with Gasteiger partial charge in [-0.05, 0) is 6.07 Å². The maximum Gasteiger partial charge on any atom is 0.274 e. The van der Waals surface area contributed by atoms with Crippen molar-refractivity contribution < 1.29 is 4.74 Å². The summed E-state index contributed by atoms with van der Waals surface area (Å²) in [5.41, 5.74) is 0.429. The predicted octanol–water partition coefficient (Wildman–Crippen LogP) is 0.865. The first-order valence-electron chi connectivity index (χ1n) is 6.07. The number of hydrogen-bond donors (Lipinski definition) is 1. The average molecular weight is 271 g/mol. The third kappa shape index (κ3) is 1.97. The summed E-state index contributed by atoms with van der Waals surface area (Å²) in [5.74, 6) is 1.06. The van der Waals surface area contributed by atoms with Crippen LogP contribution in [-0.2, 0) is 18.4 Å². The lowest BCUT2D eigenvalue weighted by atomic mass is 10.1. The minimum absolute atomic E-state index is 0.142. The number of benzene rings is 1. The maximum atomic E-state index is 12.1. The van der Waals surface area contributed by atoms with Crippen LogP contribution >= 0.6 is 0 Å². The van der Waals surface area contributed by atoms with Crippen molar-refractivity contribution in [3.05, 3.63) is 40.4 Å². The normalized spacial score (nSPS) is 11.1. The summed E-state index contributed by atoms with van der Waals surface area (Å²) in [7, 11) is 3.20. The van der Waals surface area contributed by atoms with E-state index in [0.717, 1.165) is 5.39 Å². The summed E-state index contributed by atoms with van der Waals surface area (Å²) in [6, 6.07) is 7.29. The molecule has 0 atom stereocenters. The van der Waals surface area contributed by atoms with Crippen LogP contribution in [0.2, 0.25) is 0 Å². The van der Waals surface area contributed by atoms with Crippen molar-refractivity contribution in [1.82, 2.24) is 25.0 Å². The molecule has 0 bridgehead atoms. The zero-order valence-corrected chi connectivity index (χ0v) is 11.1. The van der Waals surface area contributed by atoms with E-state index in [1.54, 1.807) is 20.2 Å². The van der Waals surface area contributed by atoms with Gasteiger partial charge in [0.25, 0.3) is 5.56 Å². The van der Waals surface area contributed by atoms with Gasteiger partial charge in [0.1, 0.15) is 12.3 Å². The van der Waals surface area contributed by atoms with E-state index in [9.17, 15) is 4.79 Å². The van der Waals surface area contributed by atoms with Crippen LogP contribution in [-0.4, -0.2) is 32.1 Å². The zero-order valence-electron chi connectivity index (χ0n) is 11.1. The van der Waals surface area contributed by atoms with Gasteiger partial charge in [0.2, 0.25) is 5.82 Å². The number of hydrogen-bond acceptors (Lipinski definition) is 5. The van der Waals surface area contributed by atoms with E-state index in [4.69, 9.17) is 4.74 Å². The van der Waals surface area contributed by atoms with Crippen molar-refractivity contribution >= 4 is 10.8 Å². The lowest BCUT2D eigenvalue weighted by molar-refractivity contribution is 0.178. The van der Waals surface area contributed by atoms with Crippen LogP contribution < -0.4 is 5.56 Å². The molecule has 0 aliphatic carbocycles. The number of fused-ring (bicyclic) bond motifs is 1. The minimum Gasteiger partial charge on any atom is -0.377 e. The molecule has 0 saturated heterocycles. The van der Waals surface area contributed by atoms with Crippen molar-refractivity contribution in [2.24, 2.45) is 7.05 Å². The smallest absolute Gasteiger partial charge is 0.274 e. The number of rotatable bonds is 3. The second kappa shape index (κ2) is 4.86. The van der Waals surface area contributed by atoms with Gasteiger partial charge in [-0.25, -0.2) is 9.67 Å². The summed E-state index contributed by atoms with van der Waals surface area (Å²) < 4.78 is 6.29. The van der Waals surface area contributed by atoms with Gasteiger partial charge in [-0.15, -0.1) is 0 Å². The lowest BCUT2D eigenvalue weighted by Gasteiger charge is -2.04. The minimum atomic E-state index is -0.142. The monoisotopic (exact) mass is 271 g/mol. The molecule has 2 heterocycles. The Kier molecular flexibility index (Phi) is 3.03. The molecule has 0 fully saturated rings. The van der Waals surface area contributed by atoms with Gasteiger partial charge in [0.05, 0.1) is 5.39 Å². The SMILES string of the molecule is COCc1nc(-c2nn(C)c(=O)c3ccccc23)n[nH]1. The molecular weight excluding hydrogens is 258 g/mol. The molecule has 0 spiro atoms. The molecule has 0 unspecified atom stereocenters. The first kappa shape index (κ1) is 12.5. The zero-order chi connectivity index (χ0) is 14.1. The van der Waals surface area contributed by atoms with E-state index >= 15 is 0 Å². The molecule has 3 rings (SSSR count). The summed E-state index contributed by atoms with van der Waals surface area (Å²) in [6.07, 6.45) is 0. The Balaban J connectivity index is 2.25. The molecule has 0 aliphatic heterocycles. The van der Waals surface area contributed by atoms with Crippen LogP contribution in [0.15, 0.2) is 29.1 Å². The Bertz CT molecular complexity index is 821. The van der Waals surface area contributed by atoms with Gasteiger partial charge < -0.3 is 4.74 Å². The molecule has 0 radical (unpaired) electrons. The Labute approximate surface area is 114 Å². The van der Waals surface area contributed by atoms with Gasteiger partial charge in [-0.2, -0.15) is 10.2 Å². The number of aromatic nitrogens is 5. The highest BCUT2D eigenvalue weighted by molar-refractivity contribution is 5.92. The summed E-state index contributed by atoms with van der Waals surface area (Å²) in [6.45, 7) is 0.344. The molecular formula is C13H13N5O2. The van der Waals surface area contributed by atoms with Crippen molar-refractivity contribution in [1.29, 1.82) is 0 Å². The Morgan fingerprint density at radius 2 is 2.05 bits per heavy atom. The number of ether oxygens (including phenoxy) is 1. The fraction of sp³-hybridized carbons (Fsp3) is 0.231. The summed E-state index contributed by atoms with van der Waals surface area (Å²) >= 11 is 0. The Hall–Kier alpha value is -2.54. The number of nitrogens with one attached hydrogen (secondary N) is 1. The molecule has 2 aromatic heterocycles. The van der Waals surface area contributed by atoms with Gasteiger partial charge in [-0.3, -0.25) is 9.89 Å². The second-order valence-corrected chi connectivity index (χ2v) is 4.36. The van der Waals surface area contributed by atoms with Gasteiger partial charge in [-0.1, -0.05) is 18.2 Å². The van der Waals surface area contributed by atoms with E-state index < -0.39 is 0 Å². The number of aryl methyl sites for hydroxylation is 1. The van der Waals surface area contributed by atoms with Gasteiger partial charge >= 0.3 is 0 Å².